The molecule has 1 aromatic heterocycles. The number of nitrogens with zero attached hydrogens (tertiary/aromatic N) is 1. The summed E-state index contributed by atoms with van der Waals surface area (Å²) in [4.78, 5) is 15.8. The largest absolute Gasteiger partial charge is 0.349 e. The summed E-state index contributed by atoms with van der Waals surface area (Å²) < 4.78 is 38.1. The number of amides is 1. The van der Waals surface area contributed by atoms with Crippen molar-refractivity contribution in [3.8, 4) is 0 Å². The van der Waals surface area contributed by atoms with Crippen LogP contribution in [0.2, 0.25) is 0 Å². The molecule has 1 atom stereocenters. The third-order valence-electron chi connectivity index (χ3n) is 3.93. The van der Waals surface area contributed by atoms with Gasteiger partial charge in [0.2, 0.25) is 10.0 Å². The molecule has 27 heavy (non-hydrogen) atoms. The fraction of sp³-hybridized carbons (Fsp3) is 0.389. The summed E-state index contributed by atoms with van der Waals surface area (Å²) >= 11 is 1.33. The van der Waals surface area contributed by atoms with Crippen LogP contribution in [0.5, 0.6) is 0 Å². The van der Waals surface area contributed by atoms with Gasteiger partial charge in [-0.25, -0.2) is 17.5 Å². The smallest absolute Gasteiger partial charge is 0.261 e. The van der Waals surface area contributed by atoms with E-state index in [0.29, 0.717) is 24.4 Å². The molecule has 0 fully saturated rings. The number of carbonyl (C=O) groups is 1. The van der Waals surface area contributed by atoms with E-state index in [0.717, 1.165) is 16.7 Å². The summed E-state index contributed by atoms with van der Waals surface area (Å²) in [5, 5.41) is 2.89. The van der Waals surface area contributed by atoms with E-state index in [1.165, 1.54) is 23.5 Å². The molecule has 2 N–H and O–H groups in total. The van der Waals surface area contributed by atoms with E-state index in [-0.39, 0.29) is 17.8 Å². The van der Waals surface area contributed by atoms with Crippen molar-refractivity contribution in [1.82, 2.24) is 14.9 Å². The first-order valence-corrected chi connectivity index (χ1v) is 11.1. The molecule has 0 spiro atoms. The standard InChI is InChI=1S/C18H24FN3O3S2/c1-22(2)16(13-5-4-6-14(19)11-13)12-20-18(23)17-8-7-15(26-17)9-10-21-27(3,24)25/h4-8,11,16,21H,9-10,12H2,1-3H3,(H,20,23). The number of sulfonamides is 1. The van der Waals surface area contributed by atoms with Crippen molar-refractivity contribution in [1.29, 1.82) is 0 Å². The number of nitrogens with one attached hydrogen (secondary N) is 2. The first-order chi connectivity index (χ1) is 12.7. The average Bonchev–Trinajstić information content (AvgIpc) is 3.02. The molecule has 1 unspecified atom stereocenters. The molecule has 0 aliphatic carbocycles. The van der Waals surface area contributed by atoms with Gasteiger partial charge in [-0.05, 0) is 50.3 Å². The Morgan fingerprint density at radius 1 is 1.26 bits per heavy atom. The first-order valence-electron chi connectivity index (χ1n) is 8.39. The van der Waals surface area contributed by atoms with Crippen molar-refractivity contribution in [3.05, 3.63) is 57.5 Å². The van der Waals surface area contributed by atoms with E-state index < -0.39 is 10.0 Å². The van der Waals surface area contributed by atoms with Crippen molar-refractivity contribution in [3.63, 3.8) is 0 Å². The van der Waals surface area contributed by atoms with Crippen LogP contribution < -0.4 is 10.0 Å². The van der Waals surface area contributed by atoms with Gasteiger partial charge in [0.25, 0.3) is 5.91 Å². The maximum atomic E-state index is 13.5. The molecule has 0 aliphatic heterocycles. The molecule has 148 valence electrons. The third-order valence-corrected chi connectivity index (χ3v) is 5.81. The second kappa shape index (κ2) is 9.41. The lowest BCUT2D eigenvalue weighted by Gasteiger charge is -2.25. The summed E-state index contributed by atoms with van der Waals surface area (Å²) in [7, 11) is 0.534. The minimum Gasteiger partial charge on any atom is -0.349 e. The SMILES string of the molecule is CN(C)C(CNC(=O)c1ccc(CCNS(C)(=O)=O)s1)c1cccc(F)c1. The lowest BCUT2D eigenvalue weighted by molar-refractivity contribution is 0.0946. The fourth-order valence-corrected chi connectivity index (χ4v) is 3.98. The van der Waals surface area contributed by atoms with Crippen LogP contribution in [0.4, 0.5) is 4.39 Å². The number of hydrogen-bond donors (Lipinski definition) is 2. The minimum atomic E-state index is -3.22. The molecular formula is C18H24FN3O3S2. The summed E-state index contributed by atoms with van der Waals surface area (Å²) in [6, 6.07) is 9.73. The first kappa shape index (κ1) is 21.5. The number of thiophene rings is 1. The van der Waals surface area contributed by atoms with Gasteiger partial charge in [-0.3, -0.25) is 4.79 Å². The number of likely N-dealkylation sites (N-methyl/N-ethyl adjacent to an activating group) is 1. The van der Waals surface area contributed by atoms with Crippen molar-refractivity contribution in [2.24, 2.45) is 0 Å². The highest BCUT2D eigenvalue weighted by atomic mass is 32.2. The van der Waals surface area contributed by atoms with Crippen LogP contribution in [0.3, 0.4) is 0 Å². The molecule has 2 aromatic rings. The Kier molecular flexibility index (Phi) is 7.49. The molecule has 0 aliphatic rings. The molecule has 0 radical (unpaired) electrons. The van der Waals surface area contributed by atoms with Gasteiger partial charge in [-0.2, -0.15) is 0 Å². The maximum Gasteiger partial charge on any atom is 0.261 e. The van der Waals surface area contributed by atoms with Gasteiger partial charge in [0.1, 0.15) is 5.82 Å². The van der Waals surface area contributed by atoms with Crippen LogP contribution in [0, 0.1) is 5.82 Å². The Labute approximate surface area is 163 Å². The van der Waals surface area contributed by atoms with E-state index in [9.17, 15) is 17.6 Å². The lowest BCUT2D eigenvalue weighted by Crippen LogP contribution is -2.34. The molecular weight excluding hydrogens is 389 g/mol. The quantitative estimate of drug-likeness (QED) is 0.659. The second-order valence-electron chi connectivity index (χ2n) is 6.43. The third kappa shape index (κ3) is 7.02. The Hall–Kier alpha value is -1.81. The number of rotatable bonds is 9. The molecule has 0 bridgehead atoms. The zero-order chi connectivity index (χ0) is 20.0. The predicted molar refractivity (Wildman–Crippen MR) is 106 cm³/mol. The molecule has 1 amide bonds. The number of halogens is 1. The highest BCUT2D eigenvalue weighted by Gasteiger charge is 2.17. The van der Waals surface area contributed by atoms with E-state index in [1.807, 2.05) is 31.1 Å². The molecule has 6 nitrogen and oxygen atoms in total. The lowest BCUT2D eigenvalue weighted by atomic mass is 10.1. The normalized spacial score (nSPS) is 12.9. The predicted octanol–water partition coefficient (Wildman–Crippen LogP) is 2.01. The minimum absolute atomic E-state index is 0.150. The van der Waals surface area contributed by atoms with Crippen LogP contribution in [0.25, 0.3) is 0 Å². The van der Waals surface area contributed by atoms with E-state index >= 15 is 0 Å². The highest BCUT2D eigenvalue weighted by molar-refractivity contribution is 7.88. The second-order valence-corrected chi connectivity index (χ2v) is 9.43. The van der Waals surface area contributed by atoms with Crippen LogP contribution >= 0.6 is 11.3 Å². The Morgan fingerprint density at radius 3 is 2.63 bits per heavy atom. The summed E-state index contributed by atoms with van der Waals surface area (Å²) in [6.45, 7) is 0.640. The Balaban J connectivity index is 1.94. The Bertz CT molecular complexity index is 881. The van der Waals surface area contributed by atoms with Gasteiger partial charge in [0, 0.05) is 18.0 Å². The molecule has 1 aromatic carbocycles. The fourth-order valence-electron chi connectivity index (χ4n) is 2.58. The topological polar surface area (TPSA) is 78.5 Å². The van der Waals surface area contributed by atoms with Gasteiger partial charge < -0.3 is 10.2 Å². The number of carbonyl (C=O) groups excluding carboxylic acids is 1. The molecule has 1 heterocycles. The van der Waals surface area contributed by atoms with E-state index in [2.05, 4.69) is 10.0 Å². The van der Waals surface area contributed by atoms with Gasteiger partial charge in [-0.1, -0.05) is 12.1 Å². The van der Waals surface area contributed by atoms with Gasteiger partial charge in [-0.15, -0.1) is 11.3 Å². The van der Waals surface area contributed by atoms with Crippen molar-refractivity contribution in [2.45, 2.75) is 12.5 Å². The maximum absolute atomic E-state index is 13.5. The van der Waals surface area contributed by atoms with Gasteiger partial charge >= 0.3 is 0 Å². The van der Waals surface area contributed by atoms with Crippen molar-refractivity contribution < 1.29 is 17.6 Å². The van der Waals surface area contributed by atoms with Crippen molar-refractivity contribution >= 4 is 27.3 Å². The summed E-state index contributed by atoms with van der Waals surface area (Å²) in [6.07, 6.45) is 1.63. The summed E-state index contributed by atoms with van der Waals surface area (Å²) in [5.74, 6) is -0.512. The average molecular weight is 414 g/mol. The number of hydrogen-bond acceptors (Lipinski definition) is 5. The highest BCUT2D eigenvalue weighted by Crippen LogP contribution is 2.20. The zero-order valence-electron chi connectivity index (χ0n) is 15.5. The van der Waals surface area contributed by atoms with Crippen LogP contribution in [0.15, 0.2) is 36.4 Å². The van der Waals surface area contributed by atoms with Gasteiger partial charge in [0.05, 0.1) is 17.2 Å². The van der Waals surface area contributed by atoms with Crippen LogP contribution in [-0.4, -0.2) is 52.7 Å². The summed E-state index contributed by atoms with van der Waals surface area (Å²) in [5.41, 5.74) is 0.791. The van der Waals surface area contributed by atoms with Crippen LogP contribution in [-0.2, 0) is 16.4 Å². The molecule has 9 heteroatoms. The van der Waals surface area contributed by atoms with E-state index in [4.69, 9.17) is 0 Å². The van der Waals surface area contributed by atoms with E-state index in [1.54, 1.807) is 12.1 Å². The van der Waals surface area contributed by atoms with Crippen LogP contribution in [0.1, 0.15) is 26.2 Å². The Morgan fingerprint density at radius 2 is 2.00 bits per heavy atom. The zero-order valence-corrected chi connectivity index (χ0v) is 17.2. The monoisotopic (exact) mass is 413 g/mol. The molecule has 0 saturated carbocycles. The van der Waals surface area contributed by atoms with Crippen molar-refractivity contribution in [2.75, 3.05) is 33.4 Å². The molecule has 0 saturated heterocycles. The van der Waals surface area contributed by atoms with Gasteiger partial charge in [0.15, 0.2) is 0 Å². The number of benzene rings is 1. The molecule has 2 rings (SSSR count).